The van der Waals surface area contributed by atoms with Gasteiger partial charge in [0, 0.05) is 51.8 Å². The molecule has 6 nitrogen and oxygen atoms in total. The van der Waals surface area contributed by atoms with Crippen LogP contribution in [0.4, 0.5) is 0 Å². The number of aromatic nitrogens is 3. The summed E-state index contributed by atoms with van der Waals surface area (Å²) in [6.07, 6.45) is 8.46. The van der Waals surface area contributed by atoms with Crippen LogP contribution in [0.25, 0.3) is 11.7 Å². The van der Waals surface area contributed by atoms with E-state index >= 15 is 0 Å². The van der Waals surface area contributed by atoms with Crippen LogP contribution < -0.4 is 0 Å². The van der Waals surface area contributed by atoms with Gasteiger partial charge in [-0.15, -0.1) is 10.2 Å². The number of hydrogen-bond donors (Lipinski definition) is 0. The van der Waals surface area contributed by atoms with E-state index in [1.807, 2.05) is 39.8 Å². The van der Waals surface area contributed by atoms with Gasteiger partial charge in [0.2, 0.25) is 5.91 Å². The standard InChI is InChI=1S/C23H27N5O/c29-23(13-6-12-22-25-24-21-11-4-5-15-28(21)22)27-18-16-26(17-19-27)14-7-10-20-8-2-1-3-9-20/h1-5,7-11,15H,6,12-14,16-19H2. The molecule has 0 saturated carbocycles. The van der Waals surface area contributed by atoms with Crippen molar-refractivity contribution in [2.24, 2.45) is 0 Å². The van der Waals surface area contributed by atoms with Gasteiger partial charge >= 0.3 is 0 Å². The van der Waals surface area contributed by atoms with Gasteiger partial charge in [-0.25, -0.2) is 0 Å². The summed E-state index contributed by atoms with van der Waals surface area (Å²) in [4.78, 5) is 16.9. The van der Waals surface area contributed by atoms with E-state index in [-0.39, 0.29) is 5.91 Å². The first-order chi connectivity index (χ1) is 14.3. The van der Waals surface area contributed by atoms with Crippen molar-refractivity contribution in [3.63, 3.8) is 0 Å². The Balaban J connectivity index is 1.18. The van der Waals surface area contributed by atoms with E-state index < -0.39 is 0 Å². The summed E-state index contributed by atoms with van der Waals surface area (Å²) >= 11 is 0. The van der Waals surface area contributed by atoms with E-state index in [4.69, 9.17) is 0 Å². The molecule has 0 N–H and O–H groups in total. The molecule has 2 aromatic heterocycles. The van der Waals surface area contributed by atoms with Crippen molar-refractivity contribution in [1.29, 1.82) is 0 Å². The maximum absolute atomic E-state index is 12.5. The van der Waals surface area contributed by atoms with Crippen molar-refractivity contribution in [1.82, 2.24) is 24.4 Å². The van der Waals surface area contributed by atoms with Crippen LogP contribution in [0.2, 0.25) is 0 Å². The first kappa shape index (κ1) is 19.3. The molecule has 1 aliphatic rings. The molecule has 1 aromatic carbocycles. The number of fused-ring (bicyclic) bond motifs is 1. The fraction of sp³-hybridized carbons (Fsp3) is 0.348. The molecule has 0 bridgehead atoms. The van der Waals surface area contributed by atoms with Gasteiger partial charge in [-0.1, -0.05) is 48.6 Å². The van der Waals surface area contributed by atoms with Crippen molar-refractivity contribution in [3.8, 4) is 0 Å². The molecule has 4 rings (SSSR count). The summed E-state index contributed by atoms with van der Waals surface area (Å²) in [6, 6.07) is 16.2. The molecule has 1 amide bonds. The number of rotatable bonds is 7. The highest BCUT2D eigenvalue weighted by molar-refractivity contribution is 5.76. The van der Waals surface area contributed by atoms with E-state index in [0.717, 1.165) is 57.0 Å². The number of carbonyl (C=O) groups excluding carboxylic acids is 1. The number of nitrogens with zero attached hydrogens (tertiary/aromatic N) is 5. The van der Waals surface area contributed by atoms with Gasteiger partial charge < -0.3 is 4.90 Å². The summed E-state index contributed by atoms with van der Waals surface area (Å²) in [6.45, 7) is 4.41. The third-order valence-electron chi connectivity index (χ3n) is 5.37. The van der Waals surface area contributed by atoms with Crippen LogP contribution in [0.3, 0.4) is 0 Å². The van der Waals surface area contributed by atoms with Crippen LogP contribution in [0.1, 0.15) is 24.2 Å². The molecular weight excluding hydrogens is 362 g/mol. The number of hydrogen-bond acceptors (Lipinski definition) is 4. The molecule has 3 aromatic rings. The lowest BCUT2D eigenvalue weighted by molar-refractivity contribution is -0.132. The van der Waals surface area contributed by atoms with Crippen molar-refractivity contribution in [2.45, 2.75) is 19.3 Å². The Morgan fingerprint density at radius 1 is 0.966 bits per heavy atom. The number of amides is 1. The number of pyridine rings is 1. The molecule has 6 heteroatoms. The van der Waals surface area contributed by atoms with E-state index in [0.29, 0.717) is 6.42 Å². The highest BCUT2D eigenvalue weighted by Gasteiger charge is 2.20. The van der Waals surface area contributed by atoms with E-state index in [1.165, 1.54) is 5.56 Å². The molecule has 1 saturated heterocycles. The minimum Gasteiger partial charge on any atom is -0.340 e. The first-order valence-electron chi connectivity index (χ1n) is 10.3. The number of carbonyl (C=O) groups is 1. The van der Waals surface area contributed by atoms with Crippen LogP contribution >= 0.6 is 0 Å². The van der Waals surface area contributed by atoms with Crippen molar-refractivity contribution >= 4 is 17.6 Å². The highest BCUT2D eigenvalue weighted by Crippen LogP contribution is 2.10. The Hall–Kier alpha value is -2.99. The minimum absolute atomic E-state index is 0.248. The van der Waals surface area contributed by atoms with Gasteiger partial charge in [0.1, 0.15) is 5.82 Å². The zero-order valence-electron chi connectivity index (χ0n) is 16.7. The first-order valence-corrected chi connectivity index (χ1v) is 10.3. The Morgan fingerprint density at radius 2 is 1.76 bits per heavy atom. The second kappa shape index (κ2) is 9.47. The fourth-order valence-corrected chi connectivity index (χ4v) is 3.70. The predicted octanol–water partition coefficient (Wildman–Crippen LogP) is 2.91. The third kappa shape index (κ3) is 5.09. The quantitative estimate of drug-likeness (QED) is 0.624. The lowest BCUT2D eigenvalue weighted by Crippen LogP contribution is -2.48. The number of benzene rings is 1. The highest BCUT2D eigenvalue weighted by atomic mass is 16.2. The largest absolute Gasteiger partial charge is 0.340 e. The van der Waals surface area contributed by atoms with Gasteiger partial charge in [0.05, 0.1) is 0 Å². The Kier molecular flexibility index (Phi) is 6.32. The lowest BCUT2D eigenvalue weighted by atomic mass is 10.2. The maximum atomic E-state index is 12.5. The maximum Gasteiger partial charge on any atom is 0.222 e. The zero-order chi connectivity index (χ0) is 19.9. The van der Waals surface area contributed by atoms with E-state index in [2.05, 4.69) is 51.5 Å². The molecule has 29 heavy (non-hydrogen) atoms. The third-order valence-corrected chi connectivity index (χ3v) is 5.37. The van der Waals surface area contributed by atoms with Gasteiger partial charge in [-0.3, -0.25) is 14.1 Å². The molecule has 3 heterocycles. The summed E-state index contributed by atoms with van der Waals surface area (Å²) in [7, 11) is 0. The number of aryl methyl sites for hydroxylation is 1. The van der Waals surface area contributed by atoms with Crippen LogP contribution in [-0.2, 0) is 11.2 Å². The molecule has 1 fully saturated rings. The summed E-state index contributed by atoms with van der Waals surface area (Å²) in [5.41, 5.74) is 2.08. The monoisotopic (exact) mass is 389 g/mol. The Labute approximate surface area is 171 Å². The van der Waals surface area contributed by atoms with E-state index in [9.17, 15) is 4.79 Å². The lowest BCUT2D eigenvalue weighted by Gasteiger charge is -2.34. The molecule has 0 aliphatic carbocycles. The second-order valence-corrected chi connectivity index (χ2v) is 7.39. The average Bonchev–Trinajstić information content (AvgIpc) is 3.18. The number of piperazine rings is 1. The zero-order valence-corrected chi connectivity index (χ0v) is 16.7. The summed E-state index contributed by atoms with van der Waals surface area (Å²) in [5, 5.41) is 8.40. The van der Waals surface area contributed by atoms with Crippen LogP contribution in [0.5, 0.6) is 0 Å². The average molecular weight is 390 g/mol. The molecule has 0 unspecified atom stereocenters. The smallest absolute Gasteiger partial charge is 0.222 e. The summed E-state index contributed by atoms with van der Waals surface area (Å²) in [5.74, 6) is 1.17. The summed E-state index contributed by atoms with van der Waals surface area (Å²) < 4.78 is 1.99. The van der Waals surface area contributed by atoms with Crippen molar-refractivity contribution < 1.29 is 4.79 Å². The molecule has 150 valence electrons. The van der Waals surface area contributed by atoms with Gasteiger partial charge in [-0.05, 0) is 24.1 Å². The van der Waals surface area contributed by atoms with Crippen LogP contribution in [-0.4, -0.2) is 63.0 Å². The minimum atomic E-state index is 0.248. The molecule has 0 atom stereocenters. The molecule has 1 aliphatic heterocycles. The van der Waals surface area contributed by atoms with Crippen LogP contribution in [0, 0.1) is 0 Å². The Bertz CT molecular complexity index is 958. The van der Waals surface area contributed by atoms with Crippen molar-refractivity contribution in [2.75, 3.05) is 32.7 Å². The fourth-order valence-electron chi connectivity index (χ4n) is 3.70. The molecular formula is C23H27N5O. The SMILES string of the molecule is O=C(CCCc1nnc2ccccn12)N1CCN(CC=Cc2ccccc2)CC1. The van der Waals surface area contributed by atoms with Crippen molar-refractivity contribution in [3.05, 3.63) is 72.2 Å². The topological polar surface area (TPSA) is 53.7 Å². The second-order valence-electron chi connectivity index (χ2n) is 7.39. The normalized spacial score (nSPS) is 15.4. The molecule has 0 spiro atoms. The predicted molar refractivity (Wildman–Crippen MR) is 114 cm³/mol. The van der Waals surface area contributed by atoms with E-state index in [1.54, 1.807) is 0 Å². The molecule has 0 radical (unpaired) electrons. The van der Waals surface area contributed by atoms with Crippen LogP contribution in [0.15, 0.2) is 60.8 Å². The Morgan fingerprint density at radius 3 is 2.59 bits per heavy atom. The van der Waals surface area contributed by atoms with Gasteiger partial charge in [0.15, 0.2) is 5.65 Å². The van der Waals surface area contributed by atoms with Gasteiger partial charge in [-0.2, -0.15) is 0 Å². The van der Waals surface area contributed by atoms with Gasteiger partial charge in [0.25, 0.3) is 0 Å².